The first kappa shape index (κ1) is 23.2. The molecule has 12 heteroatoms. The van der Waals surface area contributed by atoms with Gasteiger partial charge in [-0.25, -0.2) is 12.8 Å². The molecule has 1 amide bonds. The smallest absolute Gasteiger partial charge is 0.404 e. The van der Waals surface area contributed by atoms with Gasteiger partial charge < -0.3 is 9.64 Å². The van der Waals surface area contributed by atoms with Gasteiger partial charge in [0.15, 0.2) is 0 Å². The highest BCUT2D eigenvalue weighted by Gasteiger charge is 2.37. The molecule has 2 heterocycles. The standard InChI is InChI=1S/C21H18F3N3O4S2/c22-21(23,24)31-17-6-1-2-7-19(17)33(29,30)27-12-10-26(11-13-27)20(28)16-5-3-4-15(14-16)18-8-9-25-32-18/h1-9,14H,10-13H2. The van der Waals surface area contributed by atoms with E-state index in [0.717, 1.165) is 26.9 Å². The fourth-order valence-corrected chi connectivity index (χ4v) is 5.62. The summed E-state index contributed by atoms with van der Waals surface area (Å²) in [6, 6.07) is 13.5. The summed E-state index contributed by atoms with van der Waals surface area (Å²) < 4.78 is 73.1. The number of aromatic nitrogens is 1. The van der Waals surface area contributed by atoms with Crippen LogP contribution < -0.4 is 4.74 Å². The van der Waals surface area contributed by atoms with Gasteiger partial charge in [0.1, 0.15) is 10.6 Å². The van der Waals surface area contributed by atoms with Crippen LogP contribution in [0.5, 0.6) is 5.75 Å². The number of carbonyl (C=O) groups excluding carboxylic acids is 1. The minimum Gasteiger partial charge on any atom is -0.404 e. The number of halogens is 3. The van der Waals surface area contributed by atoms with E-state index in [-0.39, 0.29) is 32.1 Å². The number of ether oxygens (including phenoxy) is 1. The number of nitrogens with zero attached hydrogens (tertiary/aromatic N) is 3. The predicted octanol–water partition coefficient (Wildman–Crippen LogP) is 3.86. The number of carbonyl (C=O) groups is 1. The van der Waals surface area contributed by atoms with Crippen molar-refractivity contribution < 1.29 is 31.1 Å². The SMILES string of the molecule is O=C(c1cccc(-c2ccns2)c1)N1CCN(S(=O)(=O)c2ccccc2OC(F)(F)F)CC1. The Labute approximate surface area is 192 Å². The van der Waals surface area contributed by atoms with E-state index in [4.69, 9.17) is 0 Å². The monoisotopic (exact) mass is 497 g/mol. The van der Waals surface area contributed by atoms with Crippen molar-refractivity contribution in [2.45, 2.75) is 11.3 Å². The van der Waals surface area contributed by atoms with Crippen LogP contribution in [0.15, 0.2) is 65.7 Å². The second-order valence-electron chi connectivity index (χ2n) is 7.15. The third kappa shape index (κ3) is 5.18. The summed E-state index contributed by atoms with van der Waals surface area (Å²) in [4.78, 5) is 14.8. The maximum Gasteiger partial charge on any atom is 0.573 e. The Kier molecular flexibility index (Phi) is 6.41. The zero-order chi connectivity index (χ0) is 23.6. The molecule has 0 saturated carbocycles. The zero-order valence-electron chi connectivity index (χ0n) is 17.0. The lowest BCUT2D eigenvalue weighted by atomic mass is 10.1. The van der Waals surface area contributed by atoms with Crippen LogP contribution in [-0.2, 0) is 10.0 Å². The quantitative estimate of drug-likeness (QED) is 0.535. The topological polar surface area (TPSA) is 79.8 Å². The number of alkyl halides is 3. The third-order valence-electron chi connectivity index (χ3n) is 5.05. The van der Waals surface area contributed by atoms with Crippen LogP contribution in [0.25, 0.3) is 10.4 Å². The van der Waals surface area contributed by atoms with E-state index in [9.17, 15) is 26.4 Å². The summed E-state index contributed by atoms with van der Waals surface area (Å²) in [6.07, 6.45) is -3.35. The maximum absolute atomic E-state index is 13.0. The normalized spacial score (nSPS) is 15.4. The van der Waals surface area contributed by atoms with E-state index in [1.807, 2.05) is 12.1 Å². The Morgan fingerprint density at radius 3 is 2.39 bits per heavy atom. The summed E-state index contributed by atoms with van der Waals surface area (Å²) in [5, 5.41) is 0. The first-order valence-electron chi connectivity index (χ1n) is 9.80. The van der Waals surface area contributed by atoms with Gasteiger partial charge in [-0.05, 0) is 47.4 Å². The number of para-hydroxylation sites is 1. The fourth-order valence-electron chi connectivity index (χ4n) is 3.50. The van der Waals surface area contributed by atoms with Crippen LogP contribution in [0.4, 0.5) is 13.2 Å². The van der Waals surface area contributed by atoms with Gasteiger partial charge in [-0.1, -0.05) is 24.3 Å². The van der Waals surface area contributed by atoms with Gasteiger partial charge in [-0.3, -0.25) is 4.79 Å². The highest BCUT2D eigenvalue weighted by Crippen LogP contribution is 2.32. The molecule has 1 aromatic heterocycles. The van der Waals surface area contributed by atoms with Crippen molar-refractivity contribution in [3.63, 3.8) is 0 Å². The summed E-state index contributed by atoms with van der Waals surface area (Å²) in [5.41, 5.74) is 1.31. The summed E-state index contributed by atoms with van der Waals surface area (Å²) in [5.74, 6) is -1.04. The Morgan fingerprint density at radius 2 is 1.73 bits per heavy atom. The molecule has 1 fully saturated rings. The van der Waals surface area contributed by atoms with E-state index < -0.39 is 27.0 Å². The third-order valence-corrected chi connectivity index (χ3v) is 7.78. The van der Waals surface area contributed by atoms with E-state index in [2.05, 4.69) is 9.11 Å². The van der Waals surface area contributed by atoms with Crippen LogP contribution in [0.2, 0.25) is 0 Å². The lowest BCUT2D eigenvalue weighted by Gasteiger charge is -2.34. The van der Waals surface area contributed by atoms with Crippen molar-refractivity contribution in [2.75, 3.05) is 26.2 Å². The molecule has 4 rings (SSSR count). The van der Waals surface area contributed by atoms with Crippen LogP contribution in [0, 0.1) is 0 Å². The molecule has 0 spiro atoms. The van der Waals surface area contributed by atoms with Crippen LogP contribution >= 0.6 is 11.5 Å². The highest BCUT2D eigenvalue weighted by atomic mass is 32.2. The average molecular weight is 498 g/mol. The molecule has 1 aliphatic heterocycles. The largest absolute Gasteiger partial charge is 0.573 e. The van der Waals surface area contributed by atoms with Crippen molar-refractivity contribution in [1.82, 2.24) is 13.6 Å². The highest BCUT2D eigenvalue weighted by molar-refractivity contribution is 7.89. The summed E-state index contributed by atoms with van der Waals surface area (Å²) >= 11 is 1.31. The molecule has 1 aliphatic rings. The molecular weight excluding hydrogens is 479 g/mol. The second kappa shape index (κ2) is 9.12. The molecule has 0 N–H and O–H groups in total. The maximum atomic E-state index is 13.0. The summed E-state index contributed by atoms with van der Waals surface area (Å²) in [6.45, 7) is 0.0994. The lowest BCUT2D eigenvalue weighted by molar-refractivity contribution is -0.275. The predicted molar refractivity (Wildman–Crippen MR) is 115 cm³/mol. The number of benzene rings is 2. The van der Waals surface area contributed by atoms with Crippen LogP contribution in [0.3, 0.4) is 0 Å². The van der Waals surface area contributed by atoms with Crippen molar-refractivity contribution in [1.29, 1.82) is 0 Å². The Hall–Kier alpha value is -2.96. The fraction of sp³-hybridized carbons (Fsp3) is 0.238. The van der Waals surface area contributed by atoms with E-state index in [1.54, 1.807) is 24.4 Å². The van der Waals surface area contributed by atoms with Gasteiger partial charge in [0.25, 0.3) is 5.91 Å². The average Bonchev–Trinajstić information content (AvgIpc) is 3.33. The van der Waals surface area contributed by atoms with Crippen LogP contribution in [-0.4, -0.2) is 60.4 Å². The number of sulfonamides is 1. The minimum absolute atomic E-state index is 0.0526. The lowest BCUT2D eigenvalue weighted by Crippen LogP contribution is -2.50. The number of hydrogen-bond acceptors (Lipinski definition) is 6. The number of hydrogen-bond donors (Lipinski definition) is 0. The second-order valence-corrected chi connectivity index (χ2v) is 9.89. The minimum atomic E-state index is -5.02. The first-order valence-corrected chi connectivity index (χ1v) is 12.0. The number of rotatable bonds is 5. The van der Waals surface area contributed by atoms with Gasteiger partial charge in [0.05, 0.1) is 4.88 Å². The van der Waals surface area contributed by atoms with Crippen molar-refractivity contribution in [2.24, 2.45) is 0 Å². The van der Waals surface area contributed by atoms with Crippen molar-refractivity contribution in [3.8, 4) is 16.2 Å². The molecule has 0 unspecified atom stereocenters. The van der Waals surface area contributed by atoms with E-state index in [0.29, 0.717) is 5.56 Å². The first-order chi connectivity index (χ1) is 15.6. The van der Waals surface area contributed by atoms with Gasteiger partial charge >= 0.3 is 6.36 Å². The van der Waals surface area contributed by atoms with Crippen molar-refractivity contribution >= 4 is 27.5 Å². The Bertz CT molecular complexity index is 1240. The molecule has 2 aromatic carbocycles. The molecule has 1 saturated heterocycles. The molecular formula is C21H18F3N3O4S2. The molecule has 0 atom stereocenters. The van der Waals surface area contributed by atoms with Crippen molar-refractivity contribution in [3.05, 3.63) is 66.4 Å². The van der Waals surface area contributed by atoms with E-state index >= 15 is 0 Å². The van der Waals surface area contributed by atoms with E-state index in [1.165, 1.54) is 28.6 Å². The zero-order valence-corrected chi connectivity index (χ0v) is 18.7. The molecule has 0 radical (unpaired) electrons. The molecule has 7 nitrogen and oxygen atoms in total. The van der Waals surface area contributed by atoms with Crippen LogP contribution in [0.1, 0.15) is 10.4 Å². The Morgan fingerprint density at radius 1 is 1.00 bits per heavy atom. The molecule has 3 aromatic rings. The Balaban J connectivity index is 1.47. The molecule has 0 bridgehead atoms. The van der Waals surface area contributed by atoms with Gasteiger partial charge in [-0.15, -0.1) is 13.2 Å². The number of amides is 1. The van der Waals surface area contributed by atoms with Gasteiger partial charge in [-0.2, -0.15) is 4.31 Å². The molecule has 0 aliphatic carbocycles. The molecule has 33 heavy (non-hydrogen) atoms. The number of piperazine rings is 1. The van der Waals surface area contributed by atoms with Gasteiger partial charge in [0, 0.05) is 37.9 Å². The van der Waals surface area contributed by atoms with Gasteiger partial charge in [0.2, 0.25) is 10.0 Å². The molecule has 174 valence electrons. The summed E-state index contributed by atoms with van der Waals surface area (Å²) in [7, 11) is -4.25.